The maximum absolute atomic E-state index is 11.6. The molecule has 7 heteroatoms. The molecule has 0 saturated heterocycles. The molecule has 1 rings (SSSR count). The van der Waals surface area contributed by atoms with E-state index in [0.29, 0.717) is 5.69 Å². The number of amides is 1. The SMILES string of the molecule is CNC(=O)C(C)(C)CNc1cccc(N)c1[N+](=O)[O-]. The number of nitrogen functional groups attached to an aromatic ring is 1. The molecule has 0 aliphatic rings. The van der Waals surface area contributed by atoms with E-state index in [4.69, 9.17) is 5.73 Å². The van der Waals surface area contributed by atoms with Crippen LogP contribution in [0.3, 0.4) is 0 Å². The third-order valence-electron chi connectivity index (χ3n) is 2.81. The molecule has 19 heavy (non-hydrogen) atoms. The molecule has 0 unspecified atom stereocenters. The Morgan fingerprint density at radius 3 is 2.63 bits per heavy atom. The van der Waals surface area contributed by atoms with Crippen LogP contribution in [0.25, 0.3) is 0 Å². The minimum absolute atomic E-state index is 0.0905. The highest BCUT2D eigenvalue weighted by Crippen LogP contribution is 2.31. The number of para-hydroxylation sites is 1. The first-order chi connectivity index (χ1) is 8.79. The lowest BCUT2D eigenvalue weighted by Gasteiger charge is -2.23. The maximum atomic E-state index is 11.6. The van der Waals surface area contributed by atoms with E-state index in [1.165, 1.54) is 6.07 Å². The van der Waals surface area contributed by atoms with Gasteiger partial charge in [-0.25, -0.2) is 0 Å². The second-order valence-corrected chi connectivity index (χ2v) is 4.82. The fourth-order valence-electron chi connectivity index (χ4n) is 1.64. The molecule has 0 bridgehead atoms. The summed E-state index contributed by atoms with van der Waals surface area (Å²) in [5, 5.41) is 16.4. The van der Waals surface area contributed by atoms with Crippen molar-refractivity contribution in [2.24, 2.45) is 5.41 Å². The molecule has 0 heterocycles. The number of anilines is 2. The molecule has 0 atom stereocenters. The molecule has 1 aromatic rings. The summed E-state index contributed by atoms with van der Waals surface area (Å²) in [5.74, 6) is -0.147. The predicted molar refractivity (Wildman–Crippen MR) is 73.8 cm³/mol. The van der Waals surface area contributed by atoms with Crippen molar-refractivity contribution >= 4 is 23.0 Å². The zero-order valence-electron chi connectivity index (χ0n) is 11.2. The van der Waals surface area contributed by atoms with Crippen molar-refractivity contribution in [2.45, 2.75) is 13.8 Å². The molecular weight excluding hydrogens is 248 g/mol. The Kier molecular flexibility index (Phi) is 4.31. The number of nitrogens with zero attached hydrogens (tertiary/aromatic N) is 1. The Labute approximate surface area is 111 Å². The highest BCUT2D eigenvalue weighted by Gasteiger charge is 2.27. The average Bonchev–Trinajstić information content (AvgIpc) is 2.34. The topological polar surface area (TPSA) is 110 Å². The number of hydrogen-bond acceptors (Lipinski definition) is 5. The van der Waals surface area contributed by atoms with Gasteiger partial charge in [0.05, 0.1) is 10.3 Å². The summed E-state index contributed by atoms with van der Waals surface area (Å²) in [7, 11) is 1.55. The lowest BCUT2D eigenvalue weighted by molar-refractivity contribution is -0.383. The second-order valence-electron chi connectivity index (χ2n) is 4.82. The van der Waals surface area contributed by atoms with Gasteiger partial charge in [-0.15, -0.1) is 0 Å². The van der Waals surface area contributed by atoms with Gasteiger partial charge in [-0.3, -0.25) is 14.9 Å². The highest BCUT2D eigenvalue weighted by molar-refractivity contribution is 5.82. The van der Waals surface area contributed by atoms with Crippen LogP contribution in [-0.4, -0.2) is 24.4 Å². The van der Waals surface area contributed by atoms with Crippen LogP contribution < -0.4 is 16.4 Å². The van der Waals surface area contributed by atoms with Crippen molar-refractivity contribution in [1.82, 2.24) is 5.32 Å². The van der Waals surface area contributed by atoms with Gasteiger partial charge in [-0.1, -0.05) is 6.07 Å². The van der Waals surface area contributed by atoms with E-state index < -0.39 is 10.3 Å². The highest BCUT2D eigenvalue weighted by atomic mass is 16.6. The summed E-state index contributed by atoms with van der Waals surface area (Å²) < 4.78 is 0. The van der Waals surface area contributed by atoms with E-state index in [0.717, 1.165) is 0 Å². The zero-order chi connectivity index (χ0) is 14.6. The molecule has 0 fully saturated rings. The minimum Gasteiger partial charge on any atom is -0.393 e. The number of carbonyl (C=O) groups excluding carboxylic acids is 1. The molecule has 7 nitrogen and oxygen atoms in total. The zero-order valence-corrected chi connectivity index (χ0v) is 11.2. The van der Waals surface area contributed by atoms with Crippen molar-refractivity contribution in [3.8, 4) is 0 Å². The summed E-state index contributed by atoms with van der Waals surface area (Å²) in [6, 6.07) is 4.65. The van der Waals surface area contributed by atoms with Gasteiger partial charge in [0, 0.05) is 13.6 Å². The van der Waals surface area contributed by atoms with E-state index in [2.05, 4.69) is 10.6 Å². The lowest BCUT2D eigenvalue weighted by Crippen LogP contribution is -2.39. The standard InChI is InChI=1S/C12H18N4O3/c1-12(2,11(17)14-3)7-15-9-6-4-5-8(13)10(9)16(18)19/h4-6,15H,7,13H2,1-3H3,(H,14,17). The molecule has 4 N–H and O–H groups in total. The summed E-state index contributed by atoms with van der Waals surface area (Å²) in [6.07, 6.45) is 0. The monoisotopic (exact) mass is 266 g/mol. The Morgan fingerprint density at radius 2 is 2.11 bits per heavy atom. The van der Waals surface area contributed by atoms with Crippen LogP contribution in [0, 0.1) is 15.5 Å². The molecule has 0 aliphatic carbocycles. The van der Waals surface area contributed by atoms with Gasteiger partial charge in [0.15, 0.2) is 0 Å². The number of nitro groups is 1. The summed E-state index contributed by atoms with van der Waals surface area (Å²) >= 11 is 0. The van der Waals surface area contributed by atoms with Crippen LogP contribution >= 0.6 is 0 Å². The van der Waals surface area contributed by atoms with E-state index in [1.54, 1.807) is 33.0 Å². The quantitative estimate of drug-likeness (QED) is 0.423. The van der Waals surface area contributed by atoms with Crippen molar-refractivity contribution in [1.29, 1.82) is 0 Å². The lowest BCUT2D eigenvalue weighted by atomic mass is 9.92. The van der Waals surface area contributed by atoms with Gasteiger partial charge < -0.3 is 16.4 Å². The van der Waals surface area contributed by atoms with Crippen molar-refractivity contribution in [3.05, 3.63) is 28.3 Å². The summed E-state index contributed by atoms with van der Waals surface area (Å²) in [5.41, 5.74) is 5.13. The minimum atomic E-state index is -0.687. The molecule has 1 amide bonds. The van der Waals surface area contributed by atoms with E-state index in [9.17, 15) is 14.9 Å². The molecular formula is C12H18N4O3. The molecule has 0 saturated carbocycles. The normalized spacial score (nSPS) is 10.9. The number of benzene rings is 1. The van der Waals surface area contributed by atoms with Crippen LogP contribution in [-0.2, 0) is 4.79 Å². The Bertz CT molecular complexity index is 500. The summed E-state index contributed by atoms with van der Waals surface area (Å²) in [6.45, 7) is 3.75. The first kappa shape index (κ1) is 14.7. The number of nitrogens with two attached hydrogens (primary N) is 1. The van der Waals surface area contributed by atoms with E-state index in [1.807, 2.05) is 0 Å². The van der Waals surface area contributed by atoms with Crippen molar-refractivity contribution in [3.63, 3.8) is 0 Å². The largest absolute Gasteiger partial charge is 0.393 e. The van der Waals surface area contributed by atoms with Crippen molar-refractivity contribution in [2.75, 3.05) is 24.6 Å². The molecule has 1 aromatic carbocycles. The summed E-state index contributed by atoms with van der Waals surface area (Å²) in [4.78, 5) is 22.1. The fourth-order valence-corrected chi connectivity index (χ4v) is 1.64. The molecule has 0 spiro atoms. The van der Waals surface area contributed by atoms with Gasteiger partial charge in [0.25, 0.3) is 0 Å². The van der Waals surface area contributed by atoms with Crippen LogP contribution in [0.5, 0.6) is 0 Å². The number of nitro benzene ring substituents is 1. The van der Waals surface area contributed by atoms with Crippen LogP contribution in [0.1, 0.15) is 13.8 Å². The number of hydrogen-bond donors (Lipinski definition) is 3. The number of nitrogens with one attached hydrogen (secondary N) is 2. The Balaban J connectivity index is 2.93. The second kappa shape index (κ2) is 5.55. The maximum Gasteiger partial charge on any atom is 0.314 e. The van der Waals surface area contributed by atoms with E-state index >= 15 is 0 Å². The molecule has 0 aliphatic heterocycles. The number of rotatable bonds is 5. The van der Waals surface area contributed by atoms with Gasteiger partial charge in [-0.2, -0.15) is 0 Å². The smallest absolute Gasteiger partial charge is 0.314 e. The Morgan fingerprint density at radius 1 is 1.47 bits per heavy atom. The van der Waals surface area contributed by atoms with Gasteiger partial charge in [0.2, 0.25) is 5.91 Å². The van der Waals surface area contributed by atoms with Crippen LogP contribution in [0.15, 0.2) is 18.2 Å². The predicted octanol–water partition coefficient (Wildman–Crippen LogP) is 1.36. The third-order valence-corrected chi connectivity index (χ3v) is 2.81. The first-order valence-corrected chi connectivity index (χ1v) is 5.78. The van der Waals surface area contributed by atoms with Crippen LogP contribution in [0.4, 0.5) is 17.1 Å². The average molecular weight is 266 g/mol. The molecule has 0 aromatic heterocycles. The third kappa shape index (κ3) is 3.34. The first-order valence-electron chi connectivity index (χ1n) is 5.78. The van der Waals surface area contributed by atoms with E-state index in [-0.39, 0.29) is 23.8 Å². The van der Waals surface area contributed by atoms with Gasteiger partial charge in [0.1, 0.15) is 11.4 Å². The Hall–Kier alpha value is -2.31. The molecule has 104 valence electrons. The fraction of sp³-hybridized carbons (Fsp3) is 0.417. The van der Waals surface area contributed by atoms with Crippen LogP contribution in [0.2, 0.25) is 0 Å². The number of carbonyl (C=O) groups is 1. The molecule has 0 radical (unpaired) electrons. The van der Waals surface area contributed by atoms with Crippen molar-refractivity contribution < 1.29 is 9.72 Å². The van der Waals surface area contributed by atoms with Gasteiger partial charge >= 0.3 is 5.69 Å². The van der Waals surface area contributed by atoms with Gasteiger partial charge in [-0.05, 0) is 26.0 Å².